The van der Waals surface area contributed by atoms with Crippen molar-refractivity contribution in [1.82, 2.24) is 4.90 Å². The molecule has 1 saturated heterocycles. The Labute approximate surface area is 125 Å². The molecule has 1 aromatic rings. The van der Waals surface area contributed by atoms with E-state index in [-0.39, 0.29) is 18.2 Å². The first kappa shape index (κ1) is 15.8. The Balaban J connectivity index is 2.12. The van der Waals surface area contributed by atoms with Crippen molar-refractivity contribution in [3.05, 3.63) is 24.3 Å². The van der Waals surface area contributed by atoms with Gasteiger partial charge in [0.1, 0.15) is 6.04 Å². The molecule has 1 aromatic carbocycles. The number of nitrogens with zero attached hydrogens (tertiary/aromatic N) is 1. The van der Waals surface area contributed by atoms with Crippen LogP contribution in [0.1, 0.15) is 19.8 Å². The fourth-order valence-electron chi connectivity index (χ4n) is 2.23. The number of halogens is 2. The molecule has 1 aliphatic rings. The van der Waals surface area contributed by atoms with Gasteiger partial charge in [-0.05, 0) is 18.6 Å². The van der Waals surface area contributed by atoms with Gasteiger partial charge in [-0.25, -0.2) is 0 Å². The maximum absolute atomic E-state index is 12.5. The number of carbonyl (C=O) groups excluding carboxylic acids is 2. The van der Waals surface area contributed by atoms with Gasteiger partial charge in [0, 0.05) is 17.1 Å². The summed E-state index contributed by atoms with van der Waals surface area (Å²) in [7, 11) is 0. The molecule has 2 rings (SSSR count). The third-order valence-electron chi connectivity index (χ3n) is 3.12. The summed E-state index contributed by atoms with van der Waals surface area (Å²) in [5.74, 6) is -3.05. The molecule has 7 heteroatoms. The van der Waals surface area contributed by atoms with Crippen LogP contribution in [-0.2, 0) is 9.59 Å². The summed E-state index contributed by atoms with van der Waals surface area (Å²) in [6.07, 6.45) is 0.758. The average molecular weight is 314 g/mol. The fourth-order valence-corrected chi connectivity index (χ4v) is 2.83. The Kier molecular flexibility index (Phi) is 5.17. The molecule has 1 heterocycles. The fraction of sp³-hybridized carbons (Fsp3) is 0.429. The predicted molar refractivity (Wildman–Crippen MR) is 77.3 cm³/mol. The highest BCUT2D eigenvalue weighted by Gasteiger charge is 2.38. The molecule has 0 aliphatic carbocycles. The molecule has 0 aromatic heterocycles. The van der Waals surface area contributed by atoms with Gasteiger partial charge in [-0.1, -0.05) is 30.8 Å². The number of alkyl halides is 2. The molecule has 0 bridgehead atoms. The summed E-state index contributed by atoms with van der Waals surface area (Å²) in [4.78, 5) is 25.5. The van der Waals surface area contributed by atoms with E-state index in [1.807, 2.05) is 6.92 Å². The van der Waals surface area contributed by atoms with Gasteiger partial charge in [-0.15, -0.1) is 0 Å². The highest BCUT2D eigenvalue weighted by atomic mass is 32.2. The standard InChI is InChI=1S/C14H16F2N2O2S/c1-2-7-18-12(19)8-10(13(18)20)17-9-5-3-4-6-11(9)21-14(15)16/h3-6,10,14,17H,2,7-8H2,1H3. The normalized spacial score (nSPS) is 18.7. The topological polar surface area (TPSA) is 49.4 Å². The zero-order chi connectivity index (χ0) is 15.4. The van der Waals surface area contributed by atoms with Gasteiger partial charge >= 0.3 is 0 Å². The molecule has 1 fully saturated rings. The van der Waals surface area contributed by atoms with E-state index in [1.165, 1.54) is 4.90 Å². The van der Waals surface area contributed by atoms with Crippen LogP contribution in [0, 0.1) is 0 Å². The Bertz CT molecular complexity index is 539. The first-order valence-electron chi connectivity index (χ1n) is 6.67. The number of benzene rings is 1. The second kappa shape index (κ2) is 6.89. The minimum absolute atomic E-state index is 0.0620. The van der Waals surface area contributed by atoms with Crippen LogP contribution < -0.4 is 5.32 Å². The molecule has 4 nitrogen and oxygen atoms in total. The molecule has 1 unspecified atom stereocenters. The molecule has 1 N–H and O–H groups in total. The Hall–Kier alpha value is -1.63. The third-order valence-corrected chi connectivity index (χ3v) is 3.91. The maximum atomic E-state index is 12.5. The van der Waals surface area contributed by atoms with Crippen molar-refractivity contribution >= 4 is 29.3 Å². The second-order valence-corrected chi connectivity index (χ2v) is 5.69. The van der Waals surface area contributed by atoms with Gasteiger partial charge < -0.3 is 5.32 Å². The van der Waals surface area contributed by atoms with Crippen LogP contribution in [0.3, 0.4) is 0 Å². The summed E-state index contributed by atoms with van der Waals surface area (Å²) in [5.41, 5.74) is 0.451. The molecule has 114 valence electrons. The summed E-state index contributed by atoms with van der Waals surface area (Å²) in [6, 6.07) is 5.86. The van der Waals surface area contributed by atoms with Gasteiger partial charge in [0.05, 0.1) is 6.42 Å². The first-order chi connectivity index (χ1) is 10.0. The quantitative estimate of drug-likeness (QED) is 0.648. The largest absolute Gasteiger partial charge is 0.372 e. The minimum Gasteiger partial charge on any atom is -0.372 e. The summed E-state index contributed by atoms with van der Waals surface area (Å²) >= 11 is 0.416. The smallest absolute Gasteiger partial charge is 0.288 e. The number of hydrogen-bond donors (Lipinski definition) is 1. The molecule has 0 radical (unpaired) electrons. The summed E-state index contributed by atoms with van der Waals surface area (Å²) in [6.45, 7) is 2.28. The van der Waals surface area contributed by atoms with E-state index in [4.69, 9.17) is 0 Å². The van der Waals surface area contributed by atoms with E-state index in [2.05, 4.69) is 5.32 Å². The lowest BCUT2D eigenvalue weighted by atomic mass is 10.2. The van der Waals surface area contributed by atoms with Gasteiger partial charge in [0.25, 0.3) is 11.7 Å². The molecular formula is C14H16F2N2O2S. The number of likely N-dealkylation sites (tertiary alicyclic amines) is 1. The number of rotatable bonds is 6. The predicted octanol–water partition coefficient (Wildman–Crippen LogP) is 2.95. The third kappa shape index (κ3) is 3.72. The lowest BCUT2D eigenvalue weighted by Gasteiger charge is -2.17. The summed E-state index contributed by atoms with van der Waals surface area (Å²) in [5, 5.41) is 2.92. The Morgan fingerprint density at radius 2 is 2.10 bits per heavy atom. The molecule has 0 spiro atoms. The van der Waals surface area contributed by atoms with E-state index in [0.29, 0.717) is 35.3 Å². The van der Waals surface area contributed by atoms with Crippen molar-refractivity contribution < 1.29 is 18.4 Å². The highest BCUT2D eigenvalue weighted by Crippen LogP contribution is 2.32. The first-order valence-corrected chi connectivity index (χ1v) is 7.55. The van der Waals surface area contributed by atoms with E-state index >= 15 is 0 Å². The van der Waals surface area contributed by atoms with E-state index in [1.54, 1.807) is 24.3 Å². The maximum Gasteiger partial charge on any atom is 0.288 e. The number of carbonyl (C=O) groups is 2. The minimum atomic E-state index is -2.54. The van der Waals surface area contributed by atoms with Crippen LogP contribution in [0.4, 0.5) is 14.5 Å². The lowest BCUT2D eigenvalue weighted by Crippen LogP contribution is -2.35. The monoisotopic (exact) mass is 314 g/mol. The molecule has 0 saturated carbocycles. The highest BCUT2D eigenvalue weighted by molar-refractivity contribution is 7.99. The zero-order valence-electron chi connectivity index (χ0n) is 11.5. The lowest BCUT2D eigenvalue weighted by molar-refractivity contribution is -0.138. The number of hydrogen-bond acceptors (Lipinski definition) is 4. The van der Waals surface area contributed by atoms with E-state index in [9.17, 15) is 18.4 Å². The molecular weight excluding hydrogens is 298 g/mol. The number of imide groups is 1. The number of amides is 2. The van der Waals surface area contributed by atoms with Crippen LogP contribution in [0.15, 0.2) is 29.2 Å². The van der Waals surface area contributed by atoms with Crippen LogP contribution in [-0.4, -0.2) is 35.1 Å². The molecule has 1 atom stereocenters. The van der Waals surface area contributed by atoms with Crippen LogP contribution in [0.25, 0.3) is 0 Å². The number of nitrogens with one attached hydrogen (secondary N) is 1. The van der Waals surface area contributed by atoms with Crippen LogP contribution in [0.2, 0.25) is 0 Å². The van der Waals surface area contributed by atoms with Crippen LogP contribution >= 0.6 is 11.8 Å². The Morgan fingerprint density at radius 3 is 2.76 bits per heavy atom. The van der Waals surface area contributed by atoms with Crippen molar-refractivity contribution in [2.24, 2.45) is 0 Å². The van der Waals surface area contributed by atoms with E-state index in [0.717, 1.165) is 0 Å². The van der Waals surface area contributed by atoms with E-state index < -0.39 is 11.8 Å². The van der Waals surface area contributed by atoms with Crippen molar-refractivity contribution in [3.8, 4) is 0 Å². The van der Waals surface area contributed by atoms with Gasteiger partial charge in [0.2, 0.25) is 5.91 Å². The Morgan fingerprint density at radius 1 is 1.38 bits per heavy atom. The zero-order valence-corrected chi connectivity index (χ0v) is 12.3. The molecule has 1 aliphatic heterocycles. The summed E-state index contributed by atoms with van der Waals surface area (Å²) < 4.78 is 25.0. The van der Waals surface area contributed by atoms with Gasteiger partial charge in [-0.2, -0.15) is 8.78 Å². The van der Waals surface area contributed by atoms with Gasteiger partial charge in [-0.3, -0.25) is 14.5 Å². The van der Waals surface area contributed by atoms with Crippen molar-refractivity contribution in [2.45, 2.75) is 36.5 Å². The van der Waals surface area contributed by atoms with Crippen LogP contribution in [0.5, 0.6) is 0 Å². The molecule has 2 amide bonds. The van der Waals surface area contributed by atoms with Crippen molar-refractivity contribution in [2.75, 3.05) is 11.9 Å². The SMILES string of the molecule is CCCN1C(=O)CC(Nc2ccccc2SC(F)F)C1=O. The number of anilines is 1. The van der Waals surface area contributed by atoms with Crippen molar-refractivity contribution in [3.63, 3.8) is 0 Å². The average Bonchev–Trinajstić information content (AvgIpc) is 2.69. The number of para-hydroxylation sites is 1. The number of thioether (sulfide) groups is 1. The van der Waals surface area contributed by atoms with Crippen molar-refractivity contribution in [1.29, 1.82) is 0 Å². The van der Waals surface area contributed by atoms with Gasteiger partial charge in [0.15, 0.2) is 0 Å². The molecule has 21 heavy (non-hydrogen) atoms. The second-order valence-electron chi connectivity index (χ2n) is 4.66.